The summed E-state index contributed by atoms with van der Waals surface area (Å²) < 4.78 is 16.2. The second-order valence-corrected chi connectivity index (χ2v) is 8.47. The number of hydrogen-bond acceptors (Lipinski definition) is 5. The smallest absolute Gasteiger partial charge is 0.243 e. The monoisotopic (exact) mass is 409 g/mol. The number of piperidine rings is 1. The second-order valence-electron chi connectivity index (χ2n) is 8.47. The van der Waals surface area contributed by atoms with Gasteiger partial charge in [-0.25, -0.2) is 9.07 Å². The van der Waals surface area contributed by atoms with Crippen LogP contribution in [0.25, 0.3) is 11.3 Å². The van der Waals surface area contributed by atoms with Gasteiger partial charge in [-0.2, -0.15) is 10.4 Å². The van der Waals surface area contributed by atoms with Crippen LogP contribution in [0.15, 0.2) is 24.3 Å². The number of aromatic nitrogens is 2. The number of fused-ring (bicyclic) bond motifs is 2. The summed E-state index contributed by atoms with van der Waals surface area (Å²) in [6, 6.07) is 8.46. The molecule has 30 heavy (non-hydrogen) atoms. The SMILES string of the molecule is CC(=O)n1nc(-c2ccc(CC(C#N)C34CCC(C3)NC4C(N)=O)c(F)c2)cc1C. The molecule has 3 N–H and O–H groups in total. The van der Waals surface area contributed by atoms with Crippen LogP contribution >= 0.6 is 0 Å². The summed E-state index contributed by atoms with van der Waals surface area (Å²) in [4.78, 5) is 23.6. The van der Waals surface area contributed by atoms with Crippen LogP contribution in [0, 0.1) is 35.4 Å². The molecule has 2 aliphatic rings. The minimum atomic E-state index is -0.554. The molecule has 1 saturated heterocycles. The van der Waals surface area contributed by atoms with E-state index in [9.17, 15) is 19.2 Å². The predicted molar refractivity (Wildman–Crippen MR) is 108 cm³/mol. The fraction of sp³-hybridized carbons (Fsp3) is 0.455. The number of carbonyl (C=O) groups excluding carboxylic acids is 2. The third-order valence-electron chi connectivity index (χ3n) is 6.65. The highest BCUT2D eigenvalue weighted by Gasteiger charge is 2.58. The lowest BCUT2D eigenvalue weighted by Gasteiger charge is -2.37. The number of halogens is 1. The number of carbonyl (C=O) groups is 2. The Hall–Kier alpha value is -3.05. The Balaban J connectivity index is 1.61. The Bertz CT molecular complexity index is 1070. The molecule has 1 aliphatic carbocycles. The number of hydrogen-bond donors (Lipinski definition) is 2. The number of nitrogens with zero attached hydrogens (tertiary/aromatic N) is 3. The molecule has 1 aromatic heterocycles. The lowest BCUT2D eigenvalue weighted by Crippen LogP contribution is -2.53. The molecule has 8 heteroatoms. The van der Waals surface area contributed by atoms with Gasteiger partial charge >= 0.3 is 0 Å². The van der Waals surface area contributed by atoms with Crippen molar-refractivity contribution in [3.05, 3.63) is 41.3 Å². The van der Waals surface area contributed by atoms with Gasteiger partial charge in [-0.15, -0.1) is 0 Å². The van der Waals surface area contributed by atoms with Crippen LogP contribution in [0.3, 0.4) is 0 Å². The molecule has 2 bridgehead atoms. The first-order chi connectivity index (χ1) is 14.2. The van der Waals surface area contributed by atoms with E-state index in [2.05, 4.69) is 16.5 Å². The zero-order valence-corrected chi connectivity index (χ0v) is 17.0. The topological polar surface area (TPSA) is 114 Å². The number of aryl methyl sites for hydroxylation is 1. The molecule has 0 radical (unpaired) electrons. The summed E-state index contributed by atoms with van der Waals surface area (Å²) in [5.74, 6) is -1.62. The molecule has 2 aromatic rings. The number of primary amides is 1. The standard InChI is InChI=1S/C22H24FN5O2/c1-12-7-19(27-28(12)13(2)29)15-4-3-14(18(23)9-15)8-16(11-24)22-6-5-17(10-22)26-20(22)21(25)30/h3-4,7,9,16-17,20,26H,5-6,8,10H2,1-2H3,(H2,25,30). The van der Waals surface area contributed by atoms with Crippen LogP contribution in [0.2, 0.25) is 0 Å². The molecule has 1 aliphatic heterocycles. The van der Waals surface area contributed by atoms with Crippen LogP contribution in [-0.4, -0.2) is 33.7 Å². The van der Waals surface area contributed by atoms with Gasteiger partial charge in [0.2, 0.25) is 11.8 Å². The van der Waals surface area contributed by atoms with Crippen molar-refractivity contribution in [2.24, 2.45) is 17.1 Å². The number of nitriles is 1. The Labute approximate surface area is 174 Å². The fourth-order valence-electron chi connectivity index (χ4n) is 5.20. The summed E-state index contributed by atoms with van der Waals surface area (Å²) in [5, 5.41) is 17.3. The van der Waals surface area contributed by atoms with Crippen LogP contribution in [0.5, 0.6) is 0 Å². The van der Waals surface area contributed by atoms with Crippen molar-refractivity contribution in [1.29, 1.82) is 5.26 Å². The van der Waals surface area contributed by atoms with Gasteiger partial charge in [0, 0.05) is 29.6 Å². The summed E-state index contributed by atoms with van der Waals surface area (Å²) in [6.07, 6.45) is 2.54. The van der Waals surface area contributed by atoms with Gasteiger partial charge in [0.1, 0.15) is 5.82 Å². The first-order valence-electron chi connectivity index (χ1n) is 10.1. The first-order valence-corrected chi connectivity index (χ1v) is 10.1. The molecule has 4 unspecified atom stereocenters. The van der Waals surface area contributed by atoms with Gasteiger partial charge in [-0.1, -0.05) is 12.1 Å². The summed E-state index contributed by atoms with van der Waals surface area (Å²) in [7, 11) is 0. The normalized spacial score (nSPS) is 25.8. The van der Waals surface area contributed by atoms with E-state index in [0.29, 0.717) is 28.9 Å². The molecule has 2 heterocycles. The highest BCUT2D eigenvalue weighted by atomic mass is 19.1. The average molecular weight is 409 g/mol. The summed E-state index contributed by atoms with van der Waals surface area (Å²) in [5.41, 5.74) is 7.20. The molecule has 4 rings (SSSR count). The van der Waals surface area contributed by atoms with Crippen molar-refractivity contribution in [3.63, 3.8) is 0 Å². The minimum absolute atomic E-state index is 0.185. The predicted octanol–water partition coefficient (Wildman–Crippen LogP) is 2.34. The molecular formula is C22H24FN5O2. The number of benzene rings is 1. The van der Waals surface area contributed by atoms with Gasteiger partial charge in [-0.05, 0) is 50.3 Å². The van der Waals surface area contributed by atoms with E-state index >= 15 is 0 Å². The van der Waals surface area contributed by atoms with Crippen LogP contribution < -0.4 is 11.1 Å². The van der Waals surface area contributed by atoms with Crippen LogP contribution in [0.1, 0.15) is 42.2 Å². The Morgan fingerprint density at radius 1 is 1.47 bits per heavy atom. The minimum Gasteiger partial charge on any atom is -0.368 e. The molecule has 7 nitrogen and oxygen atoms in total. The van der Waals surface area contributed by atoms with E-state index < -0.39 is 29.1 Å². The summed E-state index contributed by atoms with van der Waals surface area (Å²) >= 11 is 0. The molecular weight excluding hydrogens is 385 g/mol. The summed E-state index contributed by atoms with van der Waals surface area (Å²) in [6.45, 7) is 3.18. The van der Waals surface area contributed by atoms with Crippen LogP contribution in [0.4, 0.5) is 4.39 Å². The molecule has 4 atom stereocenters. The fourth-order valence-corrected chi connectivity index (χ4v) is 5.20. The van der Waals surface area contributed by atoms with E-state index in [0.717, 1.165) is 12.8 Å². The van der Waals surface area contributed by atoms with Crippen molar-refractivity contribution < 1.29 is 14.0 Å². The van der Waals surface area contributed by atoms with Gasteiger partial charge in [-0.3, -0.25) is 9.59 Å². The second kappa shape index (κ2) is 7.33. The number of nitrogens with one attached hydrogen (secondary N) is 1. The highest BCUT2D eigenvalue weighted by molar-refractivity contribution is 5.82. The van der Waals surface area contributed by atoms with E-state index in [1.165, 1.54) is 17.7 Å². The molecule has 1 amide bonds. The van der Waals surface area contributed by atoms with E-state index in [1.807, 2.05) is 0 Å². The van der Waals surface area contributed by atoms with Gasteiger partial charge < -0.3 is 11.1 Å². The van der Waals surface area contributed by atoms with Crippen molar-refractivity contribution in [2.75, 3.05) is 0 Å². The average Bonchev–Trinajstić information content (AvgIpc) is 3.40. The van der Waals surface area contributed by atoms with Crippen molar-refractivity contribution in [2.45, 2.75) is 51.6 Å². The number of rotatable bonds is 5. The molecule has 1 saturated carbocycles. The van der Waals surface area contributed by atoms with Crippen LogP contribution in [-0.2, 0) is 11.2 Å². The molecule has 2 fully saturated rings. The Morgan fingerprint density at radius 2 is 2.23 bits per heavy atom. The van der Waals surface area contributed by atoms with Gasteiger partial charge in [0.05, 0.1) is 23.7 Å². The number of amides is 1. The van der Waals surface area contributed by atoms with Gasteiger partial charge in [0.25, 0.3) is 0 Å². The zero-order chi connectivity index (χ0) is 21.6. The quantitative estimate of drug-likeness (QED) is 0.787. The maximum Gasteiger partial charge on any atom is 0.243 e. The van der Waals surface area contributed by atoms with Crippen molar-refractivity contribution in [1.82, 2.24) is 15.1 Å². The van der Waals surface area contributed by atoms with E-state index in [4.69, 9.17) is 5.73 Å². The third kappa shape index (κ3) is 3.19. The first kappa shape index (κ1) is 20.2. The highest BCUT2D eigenvalue weighted by Crippen LogP contribution is 2.52. The molecule has 156 valence electrons. The lowest BCUT2D eigenvalue weighted by atomic mass is 9.68. The lowest BCUT2D eigenvalue weighted by molar-refractivity contribution is -0.123. The third-order valence-corrected chi connectivity index (χ3v) is 6.65. The van der Waals surface area contributed by atoms with Gasteiger partial charge in [0.15, 0.2) is 0 Å². The maximum absolute atomic E-state index is 15.0. The van der Waals surface area contributed by atoms with E-state index in [-0.39, 0.29) is 18.4 Å². The zero-order valence-electron chi connectivity index (χ0n) is 17.0. The van der Waals surface area contributed by atoms with Crippen molar-refractivity contribution in [3.8, 4) is 17.3 Å². The Morgan fingerprint density at radius 3 is 2.80 bits per heavy atom. The Kier molecular flexibility index (Phi) is 4.94. The molecule has 0 spiro atoms. The van der Waals surface area contributed by atoms with E-state index in [1.54, 1.807) is 25.1 Å². The largest absolute Gasteiger partial charge is 0.368 e. The van der Waals surface area contributed by atoms with Crippen molar-refractivity contribution >= 4 is 11.8 Å². The maximum atomic E-state index is 15.0. The number of nitrogens with two attached hydrogens (primary N) is 1. The molecule has 1 aromatic carbocycles.